The van der Waals surface area contributed by atoms with Crippen LogP contribution in [0.5, 0.6) is 0 Å². The lowest BCUT2D eigenvalue weighted by atomic mass is 10.0. The molecule has 1 aliphatic carbocycles. The molecule has 1 fully saturated rings. The Hall–Kier alpha value is -2.91. The zero-order valence-corrected chi connectivity index (χ0v) is 19.9. The van der Waals surface area contributed by atoms with Gasteiger partial charge in [-0.05, 0) is 78.6 Å². The van der Waals surface area contributed by atoms with E-state index in [1.54, 1.807) is 12.1 Å². The van der Waals surface area contributed by atoms with Gasteiger partial charge in [0.05, 0.1) is 10.5 Å². The summed E-state index contributed by atoms with van der Waals surface area (Å²) in [5, 5.41) is 3.11. The first kappa shape index (κ1) is 23.8. The minimum absolute atomic E-state index is 0.0622. The van der Waals surface area contributed by atoms with E-state index < -0.39 is 21.8 Å². The van der Waals surface area contributed by atoms with E-state index in [1.165, 1.54) is 27.9 Å². The lowest BCUT2D eigenvalue weighted by Gasteiger charge is -2.32. The van der Waals surface area contributed by atoms with Crippen molar-refractivity contribution in [3.63, 3.8) is 0 Å². The third-order valence-electron chi connectivity index (χ3n) is 6.82. The Morgan fingerprint density at radius 1 is 0.886 bits per heavy atom. The van der Waals surface area contributed by atoms with Crippen LogP contribution in [0, 0.1) is 0 Å². The summed E-state index contributed by atoms with van der Waals surface area (Å²) in [6.45, 7) is 0.653. The number of halogens is 3. The summed E-state index contributed by atoms with van der Waals surface area (Å²) >= 11 is 0. The van der Waals surface area contributed by atoms with Gasteiger partial charge >= 0.3 is 6.18 Å². The van der Waals surface area contributed by atoms with E-state index in [0.29, 0.717) is 31.7 Å². The molecular weight excluding hydrogens is 475 g/mol. The average Bonchev–Trinajstić information content (AvgIpc) is 3.32. The highest BCUT2D eigenvalue weighted by molar-refractivity contribution is 7.89. The first-order valence-corrected chi connectivity index (χ1v) is 13.2. The Labute approximate surface area is 203 Å². The van der Waals surface area contributed by atoms with E-state index in [4.69, 9.17) is 0 Å². The third kappa shape index (κ3) is 5.06. The molecule has 2 heterocycles. The van der Waals surface area contributed by atoms with E-state index >= 15 is 0 Å². The number of nitrogens with one attached hydrogen (secondary N) is 1. The van der Waals surface area contributed by atoms with Gasteiger partial charge in [0.25, 0.3) is 0 Å². The van der Waals surface area contributed by atoms with E-state index in [1.807, 2.05) is 12.1 Å². The maximum Gasteiger partial charge on any atom is 0.417 e. The fourth-order valence-corrected chi connectivity index (χ4v) is 6.29. The Bertz CT molecular complexity index is 1300. The van der Waals surface area contributed by atoms with Gasteiger partial charge in [0.2, 0.25) is 10.0 Å². The van der Waals surface area contributed by atoms with Gasteiger partial charge in [0.15, 0.2) is 0 Å². The summed E-state index contributed by atoms with van der Waals surface area (Å²) < 4.78 is 65.9. The Morgan fingerprint density at radius 2 is 1.57 bits per heavy atom. The second kappa shape index (κ2) is 9.28. The predicted octanol–water partition coefficient (Wildman–Crippen LogP) is 5.52. The zero-order chi connectivity index (χ0) is 24.6. The van der Waals surface area contributed by atoms with Gasteiger partial charge < -0.3 is 5.32 Å². The molecule has 184 valence electrons. The topological polar surface area (TPSA) is 62.3 Å². The van der Waals surface area contributed by atoms with Crippen molar-refractivity contribution in [1.29, 1.82) is 0 Å². The van der Waals surface area contributed by atoms with Crippen molar-refractivity contribution in [3.05, 3.63) is 77.5 Å². The highest BCUT2D eigenvalue weighted by Crippen LogP contribution is 2.31. The van der Waals surface area contributed by atoms with Crippen LogP contribution in [0.3, 0.4) is 0 Å². The highest BCUT2D eigenvalue weighted by atomic mass is 32.2. The van der Waals surface area contributed by atoms with E-state index in [9.17, 15) is 21.6 Å². The van der Waals surface area contributed by atoms with Crippen LogP contribution in [-0.2, 0) is 29.0 Å². The van der Waals surface area contributed by atoms with Crippen molar-refractivity contribution >= 4 is 15.8 Å². The number of aromatic nitrogens is 1. The maximum atomic E-state index is 13.2. The molecule has 0 atom stereocenters. The van der Waals surface area contributed by atoms with Crippen LogP contribution in [0.1, 0.15) is 36.0 Å². The molecule has 5 nitrogen and oxygen atoms in total. The second-order valence-electron chi connectivity index (χ2n) is 9.11. The minimum Gasteiger partial charge on any atom is -0.367 e. The highest BCUT2D eigenvalue weighted by Gasteiger charge is 2.32. The van der Waals surface area contributed by atoms with E-state index in [-0.39, 0.29) is 10.9 Å². The average molecular weight is 502 g/mol. The lowest BCUT2D eigenvalue weighted by Crippen LogP contribution is -2.42. The summed E-state index contributed by atoms with van der Waals surface area (Å²) in [6.07, 6.45) is 0.849. The van der Waals surface area contributed by atoms with Gasteiger partial charge in [-0.1, -0.05) is 30.3 Å². The standard InChI is InChI=1S/C26H26F3N3O2S/c27-26(28,29)22-8-11-25(30-17-22)31-23-12-14-32(15-13-23)35(33,34)24-9-6-19(7-10-24)21-5-4-18-2-1-3-20(18)16-21/h4-11,16-17,23H,1-3,12-15H2,(H,30,31). The molecule has 1 N–H and O–H groups in total. The van der Waals surface area contributed by atoms with Crippen LogP contribution in [0.4, 0.5) is 19.0 Å². The van der Waals surface area contributed by atoms with Crippen LogP contribution in [0.25, 0.3) is 11.1 Å². The number of piperidine rings is 1. The number of rotatable bonds is 5. The summed E-state index contributed by atoms with van der Waals surface area (Å²) in [6, 6.07) is 15.7. The zero-order valence-electron chi connectivity index (χ0n) is 19.1. The number of pyridine rings is 1. The normalized spacial score (nSPS) is 17.3. The molecule has 0 bridgehead atoms. The molecule has 35 heavy (non-hydrogen) atoms. The van der Waals surface area contributed by atoms with Gasteiger partial charge in [0.1, 0.15) is 5.82 Å². The molecule has 5 rings (SSSR count). The van der Waals surface area contributed by atoms with Crippen molar-refractivity contribution in [2.45, 2.75) is 49.2 Å². The number of hydrogen-bond donors (Lipinski definition) is 1. The molecule has 3 aromatic rings. The Morgan fingerprint density at radius 3 is 2.23 bits per heavy atom. The minimum atomic E-state index is -4.43. The summed E-state index contributed by atoms with van der Waals surface area (Å²) in [7, 11) is -3.62. The van der Waals surface area contributed by atoms with Crippen LogP contribution < -0.4 is 5.32 Å². The van der Waals surface area contributed by atoms with Crippen LogP contribution in [0.2, 0.25) is 0 Å². The SMILES string of the molecule is O=S(=O)(c1ccc(-c2ccc3c(c2)CCC3)cc1)N1CCC(Nc2ccc(C(F)(F)F)cn2)CC1. The molecule has 0 amide bonds. The van der Waals surface area contributed by atoms with Crippen molar-refractivity contribution < 1.29 is 21.6 Å². The number of aryl methyl sites for hydroxylation is 2. The molecule has 0 saturated carbocycles. The maximum absolute atomic E-state index is 13.2. The molecule has 9 heteroatoms. The molecule has 2 aromatic carbocycles. The number of sulfonamides is 1. The number of fused-ring (bicyclic) bond motifs is 1. The molecule has 1 aromatic heterocycles. The molecule has 2 aliphatic rings. The van der Waals surface area contributed by atoms with Gasteiger partial charge in [-0.15, -0.1) is 0 Å². The van der Waals surface area contributed by atoms with Crippen LogP contribution in [-0.4, -0.2) is 36.8 Å². The predicted molar refractivity (Wildman–Crippen MR) is 129 cm³/mol. The van der Waals surface area contributed by atoms with Crippen molar-refractivity contribution in [3.8, 4) is 11.1 Å². The Balaban J connectivity index is 1.21. The molecular formula is C26H26F3N3O2S. The fourth-order valence-electron chi connectivity index (χ4n) is 4.82. The summed E-state index contributed by atoms with van der Waals surface area (Å²) in [4.78, 5) is 4.11. The molecule has 0 radical (unpaired) electrons. The second-order valence-corrected chi connectivity index (χ2v) is 11.1. The lowest BCUT2D eigenvalue weighted by molar-refractivity contribution is -0.137. The fraction of sp³-hybridized carbons (Fsp3) is 0.346. The van der Waals surface area contributed by atoms with E-state index in [0.717, 1.165) is 36.2 Å². The first-order chi connectivity index (χ1) is 16.7. The summed E-state index contributed by atoms with van der Waals surface area (Å²) in [5.41, 5.74) is 4.07. The van der Waals surface area contributed by atoms with Crippen LogP contribution in [0.15, 0.2) is 65.7 Å². The largest absolute Gasteiger partial charge is 0.417 e. The van der Waals surface area contributed by atoms with Crippen LogP contribution >= 0.6 is 0 Å². The number of nitrogens with zero attached hydrogens (tertiary/aromatic N) is 2. The number of hydrogen-bond acceptors (Lipinski definition) is 4. The summed E-state index contributed by atoms with van der Waals surface area (Å²) in [5.74, 6) is 0.349. The molecule has 0 spiro atoms. The van der Waals surface area contributed by atoms with Gasteiger partial charge in [-0.25, -0.2) is 13.4 Å². The van der Waals surface area contributed by atoms with Crippen molar-refractivity contribution in [2.24, 2.45) is 0 Å². The molecule has 1 aliphatic heterocycles. The van der Waals surface area contributed by atoms with E-state index in [2.05, 4.69) is 28.5 Å². The molecule has 0 unspecified atom stereocenters. The number of anilines is 1. The van der Waals surface area contributed by atoms with Gasteiger partial charge in [0, 0.05) is 25.3 Å². The first-order valence-electron chi connectivity index (χ1n) is 11.7. The molecule has 1 saturated heterocycles. The number of alkyl halides is 3. The third-order valence-corrected chi connectivity index (χ3v) is 8.73. The van der Waals surface area contributed by atoms with Gasteiger partial charge in [-0.3, -0.25) is 0 Å². The quantitative estimate of drug-likeness (QED) is 0.500. The number of benzene rings is 2. The van der Waals surface area contributed by atoms with Gasteiger partial charge in [-0.2, -0.15) is 17.5 Å². The van der Waals surface area contributed by atoms with Crippen molar-refractivity contribution in [2.75, 3.05) is 18.4 Å². The smallest absolute Gasteiger partial charge is 0.367 e. The van der Waals surface area contributed by atoms with Crippen molar-refractivity contribution in [1.82, 2.24) is 9.29 Å². The Kier molecular flexibility index (Phi) is 6.31. The monoisotopic (exact) mass is 501 g/mol.